The normalized spacial score (nSPS) is 20.6. The number of hydrogen-bond acceptors (Lipinski definition) is 8. The average Bonchev–Trinajstić information content (AvgIpc) is 4.01. The van der Waals surface area contributed by atoms with Gasteiger partial charge in [-0.2, -0.15) is 18.3 Å². The minimum atomic E-state index is -4.60. The molecule has 280 valence electrons. The van der Waals surface area contributed by atoms with Gasteiger partial charge in [-0.05, 0) is 79.0 Å². The van der Waals surface area contributed by atoms with E-state index in [1.807, 2.05) is 45.0 Å². The Hall–Kier alpha value is -4.66. The second-order valence-electron chi connectivity index (χ2n) is 15.4. The Balaban J connectivity index is 1.29. The minimum absolute atomic E-state index is 0.00355. The first-order valence-corrected chi connectivity index (χ1v) is 17.6. The summed E-state index contributed by atoms with van der Waals surface area (Å²) in [5.41, 5.74) is 4.88. The zero-order valence-corrected chi connectivity index (χ0v) is 29.9. The highest BCUT2D eigenvalue weighted by Gasteiger charge is 2.64. The smallest absolute Gasteiger partial charge is 0.395 e. The van der Waals surface area contributed by atoms with Gasteiger partial charge in [0.1, 0.15) is 12.9 Å². The van der Waals surface area contributed by atoms with Crippen LogP contribution in [-0.4, -0.2) is 55.3 Å². The van der Waals surface area contributed by atoms with Gasteiger partial charge in [-0.15, -0.1) is 0 Å². The fourth-order valence-corrected chi connectivity index (χ4v) is 7.29. The Morgan fingerprint density at radius 2 is 1.81 bits per heavy atom. The van der Waals surface area contributed by atoms with Crippen LogP contribution >= 0.6 is 11.6 Å². The quantitative estimate of drug-likeness (QED) is 0.121. The van der Waals surface area contributed by atoms with Crippen molar-refractivity contribution in [2.75, 3.05) is 6.61 Å². The Labute approximate surface area is 306 Å². The van der Waals surface area contributed by atoms with Crippen molar-refractivity contribution in [3.8, 4) is 5.69 Å². The van der Waals surface area contributed by atoms with Crippen LogP contribution in [0.25, 0.3) is 16.6 Å². The molecule has 2 atom stereocenters. The van der Waals surface area contributed by atoms with E-state index >= 15 is 4.79 Å². The SMILES string of the molecule is CC(C)(C)C[C@]1(c2ccc3nc(C4CC4)ccc3c2)N=C(N)N([C@H](COC(=O)CC2(C(F)(F)F)CC2)c2ccc(Cl)c(-n3ncnc3C(F)F)c2)C1=O. The number of halogens is 6. The number of guanidine groups is 1. The molecule has 16 heteroatoms. The fraction of sp³-hybridized carbons (Fsp3) is 0.459. The average molecular weight is 758 g/mol. The van der Waals surface area contributed by atoms with Crippen molar-refractivity contribution >= 4 is 40.3 Å². The molecule has 1 aliphatic heterocycles. The number of alkyl halides is 5. The minimum Gasteiger partial charge on any atom is -0.463 e. The molecule has 2 fully saturated rings. The van der Waals surface area contributed by atoms with Crippen LogP contribution < -0.4 is 5.73 Å². The second-order valence-corrected chi connectivity index (χ2v) is 15.8. The standard InChI is InChI=1S/C37H37ClF5N7O3/c1-34(2,3)18-36(23-8-11-26-21(14-23)7-10-25(47-26)20-4-5-20)32(52)49(33(44)48-36)28(17-53-29(51)16-35(12-13-35)37(41,42)43)22-6-9-24(38)27(15-22)50-31(30(39)40)45-19-46-50/h6-11,14-15,19-20,28,30H,4-5,12-13,16-18H2,1-3H3,(H2,44,48)/t28-,36-/m1/s1. The number of carbonyl (C=O) groups excluding carboxylic acids is 2. The molecule has 4 aromatic rings. The van der Waals surface area contributed by atoms with Crippen LogP contribution in [-0.2, 0) is 19.9 Å². The van der Waals surface area contributed by atoms with Crippen LogP contribution in [0.2, 0.25) is 5.02 Å². The van der Waals surface area contributed by atoms with Crippen molar-refractivity contribution < 1.29 is 36.3 Å². The van der Waals surface area contributed by atoms with Crippen molar-refractivity contribution in [3.05, 3.63) is 82.5 Å². The largest absolute Gasteiger partial charge is 0.463 e. The van der Waals surface area contributed by atoms with Crippen LogP contribution in [0.1, 0.15) is 100 Å². The van der Waals surface area contributed by atoms with Crippen molar-refractivity contribution in [3.63, 3.8) is 0 Å². The molecule has 0 spiro atoms. The summed E-state index contributed by atoms with van der Waals surface area (Å²) in [7, 11) is 0. The summed E-state index contributed by atoms with van der Waals surface area (Å²) in [6.45, 7) is 5.20. The van der Waals surface area contributed by atoms with Crippen LogP contribution in [0.15, 0.2) is 59.9 Å². The van der Waals surface area contributed by atoms with Crippen molar-refractivity contribution in [1.82, 2.24) is 24.6 Å². The van der Waals surface area contributed by atoms with E-state index in [2.05, 4.69) is 10.1 Å². The molecule has 53 heavy (non-hydrogen) atoms. The first kappa shape index (κ1) is 36.7. The monoisotopic (exact) mass is 757 g/mol. The Bertz CT molecular complexity index is 2120. The van der Waals surface area contributed by atoms with Gasteiger partial charge in [0.15, 0.2) is 17.3 Å². The molecule has 3 aliphatic rings. The summed E-state index contributed by atoms with van der Waals surface area (Å²) in [6, 6.07) is 12.3. The topological polar surface area (TPSA) is 129 Å². The van der Waals surface area contributed by atoms with E-state index in [1.165, 1.54) is 18.2 Å². The van der Waals surface area contributed by atoms with Crippen molar-refractivity contribution in [2.24, 2.45) is 21.6 Å². The van der Waals surface area contributed by atoms with Gasteiger partial charge in [0.2, 0.25) is 0 Å². The molecule has 2 saturated carbocycles. The summed E-state index contributed by atoms with van der Waals surface area (Å²) in [5.74, 6) is -2.19. The Morgan fingerprint density at radius 3 is 2.45 bits per heavy atom. The number of pyridine rings is 1. The first-order valence-electron chi connectivity index (χ1n) is 17.2. The van der Waals surface area contributed by atoms with Gasteiger partial charge in [-0.25, -0.2) is 23.4 Å². The summed E-state index contributed by atoms with van der Waals surface area (Å²) in [5, 5.41) is 4.69. The number of aromatic nitrogens is 4. The van der Waals surface area contributed by atoms with Gasteiger partial charge in [0, 0.05) is 17.0 Å². The predicted octanol–water partition coefficient (Wildman–Crippen LogP) is 8.09. The van der Waals surface area contributed by atoms with Gasteiger partial charge in [0.25, 0.3) is 12.3 Å². The van der Waals surface area contributed by atoms with Crippen molar-refractivity contribution in [1.29, 1.82) is 0 Å². The van der Waals surface area contributed by atoms with E-state index in [-0.39, 0.29) is 41.5 Å². The Kier molecular flexibility index (Phi) is 9.02. The number of nitrogens with two attached hydrogens (primary N) is 1. The molecule has 10 nitrogen and oxygen atoms in total. The number of carbonyl (C=O) groups is 2. The van der Waals surface area contributed by atoms with E-state index < -0.39 is 65.7 Å². The molecule has 2 N–H and O–H groups in total. The van der Waals surface area contributed by atoms with Crippen LogP contribution in [0.4, 0.5) is 22.0 Å². The molecular weight excluding hydrogens is 721 g/mol. The van der Waals surface area contributed by atoms with E-state index in [9.17, 15) is 26.7 Å². The van der Waals surface area contributed by atoms with Gasteiger partial charge in [-0.3, -0.25) is 19.5 Å². The number of aliphatic imine (C=N–C) groups is 1. The maximum atomic E-state index is 15.0. The van der Waals surface area contributed by atoms with Gasteiger partial charge < -0.3 is 10.5 Å². The third-order valence-electron chi connectivity index (χ3n) is 10.1. The summed E-state index contributed by atoms with van der Waals surface area (Å²) >= 11 is 6.45. The first-order chi connectivity index (χ1) is 24.9. The lowest BCUT2D eigenvalue weighted by Gasteiger charge is -2.35. The highest BCUT2D eigenvalue weighted by atomic mass is 35.5. The number of nitrogens with zero attached hydrogens (tertiary/aromatic N) is 6. The Morgan fingerprint density at radius 1 is 1.08 bits per heavy atom. The molecule has 0 unspecified atom stereocenters. The highest BCUT2D eigenvalue weighted by molar-refractivity contribution is 6.32. The van der Waals surface area contributed by atoms with E-state index in [0.717, 1.165) is 45.3 Å². The summed E-state index contributed by atoms with van der Waals surface area (Å²) < 4.78 is 75.3. The number of hydrogen-bond donors (Lipinski definition) is 1. The number of benzene rings is 2. The number of fused-ring (bicyclic) bond motifs is 1. The molecule has 0 saturated heterocycles. The van der Waals surface area contributed by atoms with E-state index in [4.69, 9.17) is 32.0 Å². The van der Waals surface area contributed by atoms with Crippen molar-refractivity contribution in [2.45, 2.75) is 89.4 Å². The third kappa shape index (κ3) is 6.95. The molecule has 7 rings (SSSR count). The zero-order valence-electron chi connectivity index (χ0n) is 29.1. The maximum Gasteiger partial charge on any atom is 0.395 e. The molecule has 2 aliphatic carbocycles. The molecule has 2 aromatic carbocycles. The number of rotatable bonds is 11. The van der Waals surface area contributed by atoms with Crippen LogP contribution in [0, 0.1) is 10.8 Å². The number of amides is 1. The van der Waals surface area contributed by atoms with Gasteiger partial charge in [0.05, 0.1) is 34.1 Å². The molecule has 1 amide bonds. The highest BCUT2D eigenvalue weighted by Crippen LogP contribution is 2.60. The second kappa shape index (κ2) is 13.0. The predicted molar refractivity (Wildman–Crippen MR) is 185 cm³/mol. The molecular formula is C37H37ClF5N7O3. The molecule has 3 heterocycles. The lowest BCUT2D eigenvalue weighted by atomic mass is 9.75. The van der Waals surface area contributed by atoms with Gasteiger partial charge >= 0.3 is 12.1 Å². The van der Waals surface area contributed by atoms with Crippen LogP contribution in [0.3, 0.4) is 0 Å². The molecule has 0 bridgehead atoms. The summed E-state index contributed by atoms with van der Waals surface area (Å²) in [6.07, 6.45) is -5.63. The van der Waals surface area contributed by atoms with E-state index in [1.54, 1.807) is 6.07 Å². The summed E-state index contributed by atoms with van der Waals surface area (Å²) in [4.78, 5) is 42.4. The molecule has 0 radical (unpaired) electrons. The lowest BCUT2D eigenvalue weighted by molar-refractivity contribution is -0.195. The van der Waals surface area contributed by atoms with E-state index in [0.29, 0.717) is 11.5 Å². The lowest BCUT2D eigenvalue weighted by Crippen LogP contribution is -2.47. The van der Waals surface area contributed by atoms with Crippen LogP contribution in [0.5, 0.6) is 0 Å². The fourth-order valence-electron chi connectivity index (χ4n) is 7.09. The number of ether oxygens (including phenoxy) is 1. The number of esters is 1. The maximum absolute atomic E-state index is 15.0. The third-order valence-corrected chi connectivity index (χ3v) is 10.4. The molecule has 2 aromatic heterocycles. The van der Waals surface area contributed by atoms with Gasteiger partial charge in [-0.1, -0.05) is 50.6 Å². The zero-order chi connectivity index (χ0) is 38.1.